The van der Waals surface area contributed by atoms with E-state index in [1.807, 2.05) is 13.8 Å². The molecule has 0 bridgehead atoms. The zero-order valence-electron chi connectivity index (χ0n) is 13.2. The van der Waals surface area contributed by atoms with E-state index in [2.05, 4.69) is 5.32 Å². The molecule has 0 aliphatic rings. The molecule has 0 rings (SSSR count). The third-order valence-electron chi connectivity index (χ3n) is 3.49. The number of carbonyl (C=O) groups excluding carboxylic acids is 2. The van der Waals surface area contributed by atoms with E-state index in [4.69, 9.17) is 10.5 Å². The van der Waals surface area contributed by atoms with Gasteiger partial charge < -0.3 is 15.8 Å². The molecule has 3 atom stereocenters. The molecule has 0 heterocycles. The molecule has 0 saturated carbocycles. The second kappa shape index (κ2) is 6.37. The number of Topliss-reactive ketones (excluding diaryl/α,β-unsaturated/α-hetero) is 1. The molecule has 0 saturated heterocycles. The average molecular weight is 272 g/mol. The Balaban J connectivity index is 5.08. The van der Waals surface area contributed by atoms with E-state index in [9.17, 15) is 9.59 Å². The van der Waals surface area contributed by atoms with Gasteiger partial charge in [-0.1, -0.05) is 20.3 Å². The van der Waals surface area contributed by atoms with Crippen molar-refractivity contribution in [3.8, 4) is 0 Å². The van der Waals surface area contributed by atoms with Crippen molar-refractivity contribution < 1.29 is 14.3 Å². The van der Waals surface area contributed by atoms with E-state index in [-0.39, 0.29) is 11.7 Å². The molecule has 0 aromatic heterocycles. The number of nitrogens with two attached hydrogens (primary N) is 1. The predicted molar refractivity (Wildman–Crippen MR) is 75.9 cm³/mol. The van der Waals surface area contributed by atoms with Gasteiger partial charge in [-0.2, -0.15) is 0 Å². The van der Waals surface area contributed by atoms with Gasteiger partial charge in [0.05, 0.1) is 11.6 Å². The summed E-state index contributed by atoms with van der Waals surface area (Å²) in [6.45, 7) is 12.5. The minimum Gasteiger partial charge on any atom is -0.444 e. The standard InChI is InChI=1S/C14H28N2O3/c1-8-9(2)14(7,11(15)10(3)17)16-12(18)19-13(4,5)6/h9,11H,8,15H2,1-7H3,(H,16,18)/t9-,11-,14-/m1/s1. The zero-order chi connectivity index (χ0) is 15.4. The van der Waals surface area contributed by atoms with Crippen LogP contribution in [-0.4, -0.2) is 29.1 Å². The van der Waals surface area contributed by atoms with Crippen LogP contribution in [0.4, 0.5) is 4.79 Å². The Bertz CT molecular complexity index is 336. The van der Waals surface area contributed by atoms with Gasteiger partial charge in [0.1, 0.15) is 11.4 Å². The second-order valence-electron chi connectivity index (χ2n) is 6.31. The SMILES string of the molecule is CC[C@@H](C)[C@@](C)(NC(=O)OC(C)(C)C)[C@H](N)C(C)=O. The lowest BCUT2D eigenvalue weighted by Crippen LogP contribution is -2.64. The molecule has 0 fully saturated rings. The Morgan fingerprint density at radius 3 is 2.05 bits per heavy atom. The summed E-state index contributed by atoms with van der Waals surface area (Å²) >= 11 is 0. The molecule has 5 heteroatoms. The Hall–Kier alpha value is -1.10. The Labute approximate surface area is 116 Å². The fourth-order valence-electron chi connectivity index (χ4n) is 1.88. The highest BCUT2D eigenvalue weighted by atomic mass is 16.6. The van der Waals surface area contributed by atoms with Crippen LogP contribution in [0.5, 0.6) is 0 Å². The normalized spacial score (nSPS) is 18.1. The summed E-state index contributed by atoms with van der Waals surface area (Å²) in [6.07, 6.45) is 0.250. The molecule has 0 radical (unpaired) electrons. The van der Waals surface area contributed by atoms with Crippen molar-refractivity contribution >= 4 is 11.9 Å². The number of amides is 1. The maximum atomic E-state index is 11.9. The van der Waals surface area contributed by atoms with Gasteiger partial charge in [0.15, 0.2) is 0 Å². The Morgan fingerprint density at radius 1 is 1.26 bits per heavy atom. The van der Waals surface area contributed by atoms with Crippen molar-refractivity contribution in [2.45, 2.75) is 72.1 Å². The van der Waals surface area contributed by atoms with Crippen molar-refractivity contribution in [2.75, 3.05) is 0 Å². The molecule has 0 aliphatic heterocycles. The number of alkyl carbamates (subject to hydrolysis) is 1. The molecule has 19 heavy (non-hydrogen) atoms. The van der Waals surface area contributed by atoms with Crippen molar-refractivity contribution in [1.82, 2.24) is 5.32 Å². The second-order valence-corrected chi connectivity index (χ2v) is 6.31. The first-order chi connectivity index (χ1) is 8.44. The Kier molecular flexibility index (Phi) is 6.00. The summed E-state index contributed by atoms with van der Waals surface area (Å²) in [7, 11) is 0. The lowest BCUT2D eigenvalue weighted by Gasteiger charge is -2.40. The third kappa shape index (κ3) is 5.19. The van der Waals surface area contributed by atoms with Gasteiger partial charge in [-0.3, -0.25) is 4.79 Å². The first-order valence-corrected chi connectivity index (χ1v) is 6.71. The molecule has 5 nitrogen and oxygen atoms in total. The topological polar surface area (TPSA) is 81.4 Å². The van der Waals surface area contributed by atoms with Crippen LogP contribution in [0, 0.1) is 5.92 Å². The highest BCUT2D eigenvalue weighted by Crippen LogP contribution is 2.24. The molecule has 1 amide bonds. The number of ketones is 1. The van der Waals surface area contributed by atoms with Crippen LogP contribution in [0.3, 0.4) is 0 Å². The number of carbonyl (C=O) groups is 2. The van der Waals surface area contributed by atoms with Crippen LogP contribution in [0.2, 0.25) is 0 Å². The maximum Gasteiger partial charge on any atom is 0.408 e. The Morgan fingerprint density at radius 2 is 1.74 bits per heavy atom. The molecular formula is C14H28N2O3. The average Bonchev–Trinajstić information content (AvgIpc) is 2.23. The van der Waals surface area contributed by atoms with Gasteiger partial charge >= 0.3 is 6.09 Å². The lowest BCUT2D eigenvalue weighted by molar-refractivity contribution is -0.120. The molecule has 112 valence electrons. The van der Waals surface area contributed by atoms with Crippen LogP contribution < -0.4 is 11.1 Å². The lowest BCUT2D eigenvalue weighted by atomic mass is 9.78. The van der Waals surface area contributed by atoms with Crippen LogP contribution in [-0.2, 0) is 9.53 Å². The minimum atomic E-state index is -0.817. The number of hydrogen-bond donors (Lipinski definition) is 2. The number of nitrogens with one attached hydrogen (secondary N) is 1. The largest absolute Gasteiger partial charge is 0.444 e. The summed E-state index contributed by atoms with van der Waals surface area (Å²) in [4.78, 5) is 23.5. The molecular weight excluding hydrogens is 244 g/mol. The van der Waals surface area contributed by atoms with Crippen molar-refractivity contribution in [3.05, 3.63) is 0 Å². The molecule has 3 N–H and O–H groups in total. The van der Waals surface area contributed by atoms with Crippen LogP contribution in [0.25, 0.3) is 0 Å². The number of hydrogen-bond acceptors (Lipinski definition) is 4. The highest BCUT2D eigenvalue weighted by molar-refractivity contribution is 5.84. The predicted octanol–water partition coefficient (Wildman–Crippen LogP) is 2.23. The summed E-state index contributed by atoms with van der Waals surface area (Å²) in [5.41, 5.74) is 4.56. The monoisotopic (exact) mass is 272 g/mol. The fourth-order valence-corrected chi connectivity index (χ4v) is 1.88. The van der Waals surface area contributed by atoms with E-state index < -0.39 is 23.3 Å². The molecule has 0 aliphatic carbocycles. The molecule has 0 aromatic carbocycles. The summed E-state index contributed by atoms with van der Waals surface area (Å²) in [5, 5.41) is 2.77. The highest BCUT2D eigenvalue weighted by Gasteiger charge is 2.41. The van der Waals surface area contributed by atoms with Gasteiger partial charge in [-0.15, -0.1) is 0 Å². The smallest absolute Gasteiger partial charge is 0.408 e. The van der Waals surface area contributed by atoms with E-state index in [0.717, 1.165) is 6.42 Å². The van der Waals surface area contributed by atoms with Gasteiger partial charge in [-0.25, -0.2) is 4.79 Å². The maximum absolute atomic E-state index is 11.9. The van der Waals surface area contributed by atoms with Crippen LogP contribution in [0.15, 0.2) is 0 Å². The quantitative estimate of drug-likeness (QED) is 0.804. The van der Waals surface area contributed by atoms with E-state index in [0.29, 0.717) is 0 Å². The molecule has 0 unspecified atom stereocenters. The van der Waals surface area contributed by atoms with Crippen LogP contribution >= 0.6 is 0 Å². The van der Waals surface area contributed by atoms with Gasteiger partial charge in [0.25, 0.3) is 0 Å². The van der Waals surface area contributed by atoms with Gasteiger partial charge in [-0.05, 0) is 40.5 Å². The third-order valence-corrected chi connectivity index (χ3v) is 3.49. The number of rotatable bonds is 5. The fraction of sp³-hybridized carbons (Fsp3) is 0.857. The van der Waals surface area contributed by atoms with Gasteiger partial charge in [0, 0.05) is 0 Å². The zero-order valence-corrected chi connectivity index (χ0v) is 13.2. The first kappa shape index (κ1) is 17.9. The van der Waals surface area contributed by atoms with Gasteiger partial charge in [0.2, 0.25) is 0 Å². The number of ether oxygens (including phenoxy) is 1. The van der Waals surface area contributed by atoms with E-state index in [1.165, 1.54) is 6.92 Å². The van der Waals surface area contributed by atoms with E-state index in [1.54, 1.807) is 27.7 Å². The van der Waals surface area contributed by atoms with Crippen molar-refractivity contribution in [2.24, 2.45) is 11.7 Å². The summed E-state index contributed by atoms with van der Waals surface area (Å²) in [6, 6.07) is -0.755. The summed E-state index contributed by atoms with van der Waals surface area (Å²) < 4.78 is 5.24. The van der Waals surface area contributed by atoms with Crippen molar-refractivity contribution in [3.63, 3.8) is 0 Å². The van der Waals surface area contributed by atoms with Crippen molar-refractivity contribution in [1.29, 1.82) is 0 Å². The minimum absolute atomic E-state index is 0.0546. The van der Waals surface area contributed by atoms with E-state index >= 15 is 0 Å². The van der Waals surface area contributed by atoms with Crippen LogP contribution in [0.1, 0.15) is 54.9 Å². The molecule has 0 spiro atoms. The molecule has 0 aromatic rings. The first-order valence-electron chi connectivity index (χ1n) is 6.71. The summed E-state index contributed by atoms with van der Waals surface area (Å²) in [5.74, 6) is -0.0993.